The second kappa shape index (κ2) is 6.65. The van der Waals surface area contributed by atoms with Crippen LogP contribution in [0.2, 0.25) is 0 Å². The lowest BCUT2D eigenvalue weighted by atomic mass is 10.1. The quantitative estimate of drug-likeness (QED) is 0.611. The zero-order valence-corrected chi connectivity index (χ0v) is 10.8. The summed E-state index contributed by atoms with van der Waals surface area (Å²) >= 11 is 0. The summed E-state index contributed by atoms with van der Waals surface area (Å²) in [7, 11) is 0. The van der Waals surface area contributed by atoms with Gasteiger partial charge >= 0.3 is 11.9 Å². The molecule has 0 saturated carbocycles. The Morgan fingerprint density at radius 1 is 1.37 bits per heavy atom. The number of aliphatic imine (C=N–C) groups is 1. The highest BCUT2D eigenvalue weighted by Gasteiger charge is 2.26. The Balaban J connectivity index is 3.11. The minimum atomic E-state index is -1.51. The molecule has 0 aliphatic heterocycles. The molecule has 1 aromatic carbocycles. The topological polar surface area (TPSA) is 102 Å². The van der Waals surface area contributed by atoms with Crippen molar-refractivity contribution in [2.24, 2.45) is 10.7 Å². The molecule has 0 heterocycles. The Morgan fingerprint density at radius 2 is 1.95 bits per heavy atom. The predicted octanol–water partition coefficient (Wildman–Crippen LogP) is 1.04. The van der Waals surface area contributed by atoms with E-state index in [2.05, 4.69) is 4.99 Å². The van der Waals surface area contributed by atoms with Crippen molar-refractivity contribution in [3.05, 3.63) is 29.8 Å². The minimum absolute atomic E-state index is 0.123. The number of rotatable bonds is 5. The fourth-order valence-corrected chi connectivity index (χ4v) is 1.32. The van der Waals surface area contributed by atoms with Gasteiger partial charge in [0.2, 0.25) is 0 Å². The molecule has 1 atom stereocenters. The number of hydrogen-bond acceptors (Lipinski definition) is 5. The molecule has 3 N–H and O–H groups in total. The van der Waals surface area contributed by atoms with E-state index in [1.165, 1.54) is 0 Å². The lowest BCUT2D eigenvalue weighted by molar-refractivity contribution is -0.140. The Labute approximate surface area is 110 Å². The number of carbonyl (C=O) groups excluding carboxylic acids is 1. The van der Waals surface area contributed by atoms with Crippen LogP contribution < -0.4 is 5.73 Å². The maximum Gasteiger partial charge on any atom is 0.354 e. The second-order valence-corrected chi connectivity index (χ2v) is 3.87. The number of aryl methyl sites for hydroxylation is 1. The molecule has 1 aromatic rings. The average Bonchev–Trinajstić information content (AvgIpc) is 2.37. The third-order valence-corrected chi connectivity index (χ3v) is 2.33. The SMILES string of the molecule is CCOC(=O)C(=Nc1ccc(C)cc1)C(N)C(=O)O. The molecule has 6 heteroatoms. The van der Waals surface area contributed by atoms with Gasteiger partial charge in [-0.1, -0.05) is 17.7 Å². The molecule has 0 aliphatic carbocycles. The maximum atomic E-state index is 11.7. The number of aliphatic carboxylic acids is 1. The molecule has 0 aromatic heterocycles. The van der Waals surface area contributed by atoms with E-state index in [1.54, 1.807) is 31.2 Å². The van der Waals surface area contributed by atoms with E-state index in [9.17, 15) is 9.59 Å². The van der Waals surface area contributed by atoms with Crippen LogP contribution in [-0.4, -0.2) is 35.4 Å². The van der Waals surface area contributed by atoms with Gasteiger partial charge in [-0.3, -0.25) is 4.79 Å². The molecule has 0 saturated heterocycles. The Morgan fingerprint density at radius 3 is 2.42 bits per heavy atom. The first kappa shape index (κ1) is 14.8. The first-order valence-electron chi connectivity index (χ1n) is 5.76. The van der Waals surface area contributed by atoms with Crippen molar-refractivity contribution in [3.8, 4) is 0 Å². The van der Waals surface area contributed by atoms with Crippen LogP contribution in [0, 0.1) is 6.92 Å². The van der Waals surface area contributed by atoms with Gasteiger partial charge in [0, 0.05) is 0 Å². The average molecular weight is 264 g/mol. The summed E-state index contributed by atoms with van der Waals surface area (Å²) in [6.45, 7) is 3.65. The van der Waals surface area contributed by atoms with Gasteiger partial charge in [0.05, 0.1) is 12.3 Å². The van der Waals surface area contributed by atoms with Crippen LogP contribution in [-0.2, 0) is 14.3 Å². The summed E-state index contributed by atoms with van der Waals surface area (Å²) in [5.74, 6) is -2.16. The molecule has 0 spiro atoms. The third kappa shape index (κ3) is 4.18. The molecule has 0 radical (unpaired) electrons. The van der Waals surface area contributed by atoms with E-state index in [-0.39, 0.29) is 12.3 Å². The van der Waals surface area contributed by atoms with Crippen molar-refractivity contribution >= 4 is 23.3 Å². The second-order valence-electron chi connectivity index (χ2n) is 3.87. The Kier molecular flexibility index (Phi) is 5.20. The van der Waals surface area contributed by atoms with E-state index in [0.717, 1.165) is 5.56 Å². The number of carboxylic acid groups (broad SMARTS) is 1. The number of benzene rings is 1. The minimum Gasteiger partial charge on any atom is -0.480 e. The van der Waals surface area contributed by atoms with E-state index in [1.807, 2.05) is 6.92 Å². The van der Waals surface area contributed by atoms with Crippen LogP contribution in [0.5, 0.6) is 0 Å². The van der Waals surface area contributed by atoms with Gasteiger partial charge in [-0.2, -0.15) is 0 Å². The summed E-state index contributed by atoms with van der Waals surface area (Å²) in [5.41, 5.74) is 6.59. The first-order valence-corrected chi connectivity index (χ1v) is 5.76. The molecule has 19 heavy (non-hydrogen) atoms. The number of esters is 1. The molecular formula is C13H16N2O4. The highest BCUT2D eigenvalue weighted by Crippen LogP contribution is 2.13. The fraction of sp³-hybridized carbons (Fsp3) is 0.308. The fourth-order valence-electron chi connectivity index (χ4n) is 1.32. The molecular weight excluding hydrogens is 248 g/mol. The molecule has 0 aliphatic rings. The summed E-state index contributed by atoms with van der Waals surface area (Å²) < 4.78 is 4.76. The monoisotopic (exact) mass is 264 g/mol. The van der Waals surface area contributed by atoms with Crippen molar-refractivity contribution in [1.82, 2.24) is 0 Å². The zero-order chi connectivity index (χ0) is 14.4. The van der Waals surface area contributed by atoms with Crippen LogP contribution in [0.3, 0.4) is 0 Å². The van der Waals surface area contributed by atoms with Crippen molar-refractivity contribution in [1.29, 1.82) is 0 Å². The summed E-state index contributed by atoms with van der Waals surface area (Å²) in [6, 6.07) is 5.42. The van der Waals surface area contributed by atoms with Crippen molar-refractivity contribution in [3.63, 3.8) is 0 Å². The number of carbonyl (C=O) groups is 2. The van der Waals surface area contributed by atoms with E-state index < -0.39 is 18.0 Å². The van der Waals surface area contributed by atoms with Gasteiger partial charge in [0.15, 0.2) is 11.8 Å². The third-order valence-electron chi connectivity index (χ3n) is 2.33. The molecule has 0 fully saturated rings. The van der Waals surface area contributed by atoms with Crippen LogP contribution in [0.4, 0.5) is 5.69 Å². The smallest absolute Gasteiger partial charge is 0.354 e. The van der Waals surface area contributed by atoms with Crippen molar-refractivity contribution in [2.75, 3.05) is 6.61 Å². The number of nitrogens with two attached hydrogens (primary N) is 1. The molecule has 102 valence electrons. The lowest BCUT2D eigenvalue weighted by Gasteiger charge is -2.09. The first-order chi connectivity index (χ1) is 8.95. The Bertz CT molecular complexity index is 494. The van der Waals surface area contributed by atoms with Crippen molar-refractivity contribution in [2.45, 2.75) is 19.9 Å². The Hall–Kier alpha value is -2.21. The maximum absolute atomic E-state index is 11.7. The van der Waals surface area contributed by atoms with E-state index in [0.29, 0.717) is 5.69 Å². The number of hydrogen-bond donors (Lipinski definition) is 2. The highest BCUT2D eigenvalue weighted by atomic mass is 16.5. The normalized spacial score (nSPS) is 12.9. The molecule has 0 amide bonds. The summed E-state index contributed by atoms with van der Waals surface area (Å²) in [4.78, 5) is 26.5. The number of carboxylic acids is 1. The van der Waals surface area contributed by atoms with Crippen LogP contribution in [0.1, 0.15) is 12.5 Å². The zero-order valence-electron chi connectivity index (χ0n) is 10.8. The van der Waals surface area contributed by atoms with Gasteiger partial charge in [-0.15, -0.1) is 0 Å². The molecule has 1 unspecified atom stereocenters. The number of nitrogens with zero attached hydrogens (tertiary/aromatic N) is 1. The van der Waals surface area contributed by atoms with Gasteiger partial charge < -0.3 is 15.6 Å². The number of ether oxygens (including phenoxy) is 1. The molecule has 6 nitrogen and oxygen atoms in total. The predicted molar refractivity (Wildman–Crippen MR) is 70.5 cm³/mol. The largest absolute Gasteiger partial charge is 0.480 e. The lowest BCUT2D eigenvalue weighted by Crippen LogP contribution is -2.43. The van der Waals surface area contributed by atoms with Gasteiger partial charge in [-0.05, 0) is 26.0 Å². The highest BCUT2D eigenvalue weighted by molar-refractivity contribution is 6.42. The molecule has 0 bridgehead atoms. The molecule has 1 rings (SSSR count). The van der Waals surface area contributed by atoms with Crippen LogP contribution in [0.15, 0.2) is 29.3 Å². The van der Waals surface area contributed by atoms with Crippen LogP contribution in [0.25, 0.3) is 0 Å². The van der Waals surface area contributed by atoms with Gasteiger partial charge in [0.1, 0.15) is 0 Å². The van der Waals surface area contributed by atoms with Crippen LogP contribution >= 0.6 is 0 Å². The van der Waals surface area contributed by atoms with E-state index in [4.69, 9.17) is 15.6 Å². The summed E-state index contributed by atoms with van der Waals surface area (Å²) in [5, 5.41) is 8.88. The van der Waals surface area contributed by atoms with Crippen molar-refractivity contribution < 1.29 is 19.4 Å². The van der Waals surface area contributed by atoms with Gasteiger partial charge in [-0.25, -0.2) is 9.79 Å². The standard InChI is InChI=1S/C13H16N2O4/c1-3-19-13(18)11(10(14)12(16)17)15-9-6-4-8(2)5-7-9/h4-7,10H,3,14H2,1-2H3,(H,16,17). The van der Waals surface area contributed by atoms with Gasteiger partial charge in [0.25, 0.3) is 0 Å². The van der Waals surface area contributed by atoms with E-state index >= 15 is 0 Å². The summed E-state index contributed by atoms with van der Waals surface area (Å²) in [6.07, 6.45) is 0.